The molecule has 2 aliphatic rings. The fraction of sp³-hybridized carbons (Fsp3) is 0.500. The van der Waals surface area contributed by atoms with Crippen LogP contribution in [0, 0.1) is 0 Å². The van der Waals surface area contributed by atoms with Gasteiger partial charge in [-0.1, -0.05) is 24.3 Å². The van der Waals surface area contributed by atoms with Gasteiger partial charge in [0.2, 0.25) is 5.91 Å². The molecule has 1 atom stereocenters. The molecule has 2 heterocycles. The first-order chi connectivity index (χ1) is 12.7. The van der Waals surface area contributed by atoms with Crippen molar-refractivity contribution in [3.63, 3.8) is 0 Å². The number of guanidine groups is 1. The van der Waals surface area contributed by atoms with Gasteiger partial charge in [0, 0.05) is 51.4 Å². The van der Waals surface area contributed by atoms with Gasteiger partial charge in [-0.2, -0.15) is 0 Å². The van der Waals surface area contributed by atoms with Crippen LogP contribution in [0.3, 0.4) is 0 Å². The lowest BCUT2D eigenvalue weighted by Crippen LogP contribution is -2.51. The number of likely N-dealkylation sites (N-methyl/N-ethyl adjacent to an activating group) is 1. The number of anilines is 1. The number of nitrogens with one attached hydrogen (secondary N) is 2. The second-order valence-corrected chi connectivity index (χ2v) is 6.89. The van der Waals surface area contributed by atoms with Crippen molar-refractivity contribution >= 4 is 17.6 Å². The molecule has 0 aliphatic carbocycles. The van der Waals surface area contributed by atoms with Gasteiger partial charge >= 0.3 is 0 Å². The van der Waals surface area contributed by atoms with Gasteiger partial charge in [0.1, 0.15) is 0 Å². The minimum absolute atomic E-state index is 0.221. The van der Waals surface area contributed by atoms with Crippen LogP contribution in [0.25, 0.3) is 0 Å². The molecule has 0 bridgehead atoms. The van der Waals surface area contributed by atoms with Crippen molar-refractivity contribution in [3.05, 3.63) is 42.0 Å². The first-order valence-corrected chi connectivity index (χ1v) is 9.43. The largest absolute Gasteiger partial charge is 0.364 e. The molecule has 0 saturated carbocycles. The van der Waals surface area contributed by atoms with E-state index in [1.54, 1.807) is 4.90 Å². The van der Waals surface area contributed by atoms with E-state index in [1.807, 2.05) is 7.05 Å². The number of hydrogen-bond acceptors (Lipinski definition) is 3. The van der Waals surface area contributed by atoms with Gasteiger partial charge in [0.25, 0.3) is 0 Å². The molecule has 1 unspecified atom stereocenters. The van der Waals surface area contributed by atoms with Gasteiger partial charge in [-0.05, 0) is 31.0 Å². The minimum Gasteiger partial charge on any atom is -0.364 e. The lowest BCUT2D eigenvalue weighted by atomic mass is 10.1. The molecule has 1 saturated heterocycles. The molecular weight excluding hydrogens is 326 g/mol. The van der Waals surface area contributed by atoms with Gasteiger partial charge < -0.3 is 20.4 Å². The van der Waals surface area contributed by atoms with Crippen molar-refractivity contribution in [3.8, 4) is 0 Å². The first kappa shape index (κ1) is 18.3. The van der Waals surface area contributed by atoms with E-state index in [1.165, 1.54) is 11.3 Å². The Morgan fingerprint density at radius 2 is 1.96 bits per heavy atom. The topological polar surface area (TPSA) is 60.0 Å². The Morgan fingerprint density at radius 3 is 2.62 bits per heavy atom. The highest BCUT2D eigenvalue weighted by atomic mass is 16.2. The van der Waals surface area contributed by atoms with E-state index in [4.69, 9.17) is 4.99 Å². The highest BCUT2D eigenvalue weighted by Crippen LogP contribution is 2.18. The summed E-state index contributed by atoms with van der Waals surface area (Å²) in [6.07, 6.45) is 5.85. The molecule has 6 heteroatoms. The molecule has 0 aromatic heterocycles. The monoisotopic (exact) mass is 355 g/mol. The zero-order valence-electron chi connectivity index (χ0n) is 15.7. The van der Waals surface area contributed by atoms with E-state index in [2.05, 4.69) is 58.9 Å². The fourth-order valence-corrected chi connectivity index (χ4v) is 3.31. The number of hydrogen-bond donors (Lipinski definition) is 2. The number of nitrogens with zero attached hydrogens (tertiary/aromatic N) is 3. The summed E-state index contributed by atoms with van der Waals surface area (Å²) < 4.78 is 0. The second-order valence-electron chi connectivity index (χ2n) is 6.89. The molecule has 0 spiro atoms. The SMILES string of the molecule is CCNC(=NCc1ccc(N2CC=CC2)cc1)NC1CCC(=O)N(C)C1. The summed E-state index contributed by atoms with van der Waals surface area (Å²) in [6.45, 7) is 6.21. The Morgan fingerprint density at radius 1 is 1.23 bits per heavy atom. The predicted octanol–water partition coefficient (Wildman–Crippen LogP) is 1.74. The summed E-state index contributed by atoms with van der Waals surface area (Å²) in [5.41, 5.74) is 2.44. The zero-order chi connectivity index (χ0) is 18.4. The van der Waals surface area contributed by atoms with Crippen LogP contribution >= 0.6 is 0 Å². The molecular formula is C20H29N5O. The Hall–Kier alpha value is -2.50. The normalized spacial score (nSPS) is 20.6. The van der Waals surface area contributed by atoms with E-state index >= 15 is 0 Å². The molecule has 1 aromatic carbocycles. The Balaban J connectivity index is 1.57. The van der Waals surface area contributed by atoms with Crippen LogP contribution in [0.2, 0.25) is 0 Å². The molecule has 140 valence electrons. The summed E-state index contributed by atoms with van der Waals surface area (Å²) in [6, 6.07) is 8.88. The third-order valence-corrected chi connectivity index (χ3v) is 4.85. The molecule has 3 rings (SSSR count). The van der Waals surface area contributed by atoms with Crippen molar-refractivity contribution in [2.24, 2.45) is 4.99 Å². The van der Waals surface area contributed by atoms with Crippen molar-refractivity contribution < 1.29 is 4.79 Å². The van der Waals surface area contributed by atoms with Crippen LogP contribution < -0.4 is 15.5 Å². The van der Waals surface area contributed by atoms with Crippen LogP contribution in [0.1, 0.15) is 25.3 Å². The maximum Gasteiger partial charge on any atom is 0.222 e. The Kier molecular flexibility index (Phi) is 6.15. The minimum atomic E-state index is 0.221. The first-order valence-electron chi connectivity index (χ1n) is 9.43. The Bertz CT molecular complexity index is 659. The summed E-state index contributed by atoms with van der Waals surface area (Å²) in [5, 5.41) is 6.76. The number of likely N-dealkylation sites (tertiary alicyclic amines) is 1. The highest BCUT2D eigenvalue weighted by molar-refractivity contribution is 5.81. The maximum absolute atomic E-state index is 11.6. The molecule has 26 heavy (non-hydrogen) atoms. The zero-order valence-corrected chi connectivity index (χ0v) is 15.7. The lowest BCUT2D eigenvalue weighted by Gasteiger charge is -2.31. The summed E-state index contributed by atoms with van der Waals surface area (Å²) in [7, 11) is 1.86. The Labute approximate surface area is 156 Å². The van der Waals surface area contributed by atoms with E-state index in [-0.39, 0.29) is 11.9 Å². The number of rotatable bonds is 5. The number of amides is 1. The summed E-state index contributed by atoms with van der Waals surface area (Å²) in [4.78, 5) is 20.5. The van der Waals surface area contributed by atoms with Gasteiger partial charge in [-0.25, -0.2) is 4.99 Å². The van der Waals surface area contributed by atoms with Crippen molar-refractivity contribution in [1.29, 1.82) is 0 Å². The van der Waals surface area contributed by atoms with Crippen molar-refractivity contribution in [2.45, 2.75) is 32.4 Å². The standard InChI is InChI=1S/C20H29N5O/c1-3-21-20(23-17-8-11-19(26)24(2)15-17)22-14-16-6-9-18(10-7-16)25-12-4-5-13-25/h4-7,9-10,17H,3,8,11-15H2,1-2H3,(H2,21,22,23). The number of benzene rings is 1. The average Bonchev–Trinajstić information content (AvgIpc) is 3.18. The summed E-state index contributed by atoms with van der Waals surface area (Å²) >= 11 is 0. The molecule has 1 fully saturated rings. The predicted molar refractivity (Wildman–Crippen MR) is 106 cm³/mol. The van der Waals surface area contributed by atoms with E-state index in [0.29, 0.717) is 13.0 Å². The molecule has 1 aromatic rings. The van der Waals surface area contributed by atoms with E-state index in [9.17, 15) is 4.79 Å². The molecule has 2 N–H and O–H groups in total. The van der Waals surface area contributed by atoms with E-state index < -0.39 is 0 Å². The fourth-order valence-electron chi connectivity index (χ4n) is 3.31. The van der Waals surface area contributed by atoms with Gasteiger partial charge in [-0.3, -0.25) is 4.79 Å². The van der Waals surface area contributed by atoms with Crippen LogP contribution in [0.15, 0.2) is 41.4 Å². The number of carbonyl (C=O) groups is 1. The average molecular weight is 355 g/mol. The van der Waals surface area contributed by atoms with Gasteiger partial charge in [0.15, 0.2) is 5.96 Å². The summed E-state index contributed by atoms with van der Waals surface area (Å²) in [5.74, 6) is 1.03. The smallest absolute Gasteiger partial charge is 0.222 e. The number of carbonyl (C=O) groups excluding carboxylic acids is 1. The molecule has 2 aliphatic heterocycles. The third kappa shape index (κ3) is 4.77. The molecule has 0 radical (unpaired) electrons. The maximum atomic E-state index is 11.6. The van der Waals surface area contributed by atoms with Gasteiger partial charge in [0.05, 0.1) is 6.54 Å². The molecule has 6 nitrogen and oxygen atoms in total. The number of piperidine rings is 1. The van der Waals surface area contributed by atoms with Crippen molar-refractivity contribution in [2.75, 3.05) is 38.1 Å². The van der Waals surface area contributed by atoms with Crippen LogP contribution in [-0.2, 0) is 11.3 Å². The second kappa shape index (κ2) is 8.74. The van der Waals surface area contributed by atoms with Crippen LogP contribution in [0.5, 0.6) is 0 Å². The molecule has 1 amide bonds. The third-order valence-electron chi connectivity index (χ3n) is 4.85. The van der Waals surface area contributed by atoms with Crippen LogP contribution in [-0.4, -0.2) is 56.0 Å². The van der Waals surface area contributed by atoms with Gasteiger partial charge in [-0.15, -0.1) is 0 Å². The number of aliphatic imine (C=N–C) groups is 1. The lowest BCUT2D eigenvalue weighted by molar-refractivity contribution is -0.132. The quantitative estimate of drug-likeness (QED) is 0.480. The highest BCUT2D eigenvalue weighted by Gasteiger charge is 2.23. The van der Waals surface area contributed by atoms with Crippen molar-refractivity contribution in [1.82, 2.24) is 15.5 Å². The van der Waals surface area contributed by atoms with Crippen LogP contribution in [0.4, 0.5) is 5.69 Å². The van der Waals surface area contributed by atoms with E-state index in [0.717, 1.165) is 38.6 Å².